The van der Waals surface area contributed by atoms with Gasteiger partial charge >= 0.3 is 0 Å². The summed E-state index contributed by atoms with van der Waals surface area (Å²) >= 11 is 0. The Kier molecular flexibility index (Phi) is 5.33. The van der Waals surface area contributed by atoms with E-state index in [9.17, 15) is 0 Å². The second-order valence-electron chi connectivity index (χ2n) is 4.23. The highest BCUT2D eigenvalue weighted by atomic mass is 16.5. The molecule has 2 nitrogen and oxygen atoms in total. The van der Waals surface area contributed by atoms with Crippen LogP contribution >= 0.6 is 0 Å². The third-order valence-corrected chi connectivity index (χ3v) is 2.25. The molecule has 0 saturated heterocycles. The molecule has 0 N–H and O–H groups in total. The molecule has 0 unspecified atom stereocenters. The molecule has 0 fully saturated rings. The lowest BCUT2D eigenvalue weighted by atomic mass is 10.2. The zero-order chi connectivity index (χ0) is 11.1. The Morgan fingerprint density at radius 3 is 2.67 bits per heavy atom. The number of hydrogen-bond acceptors (Lipinski definition) is 2. The molecule has 0 saturated carbocycles. The molecule has 0 aliphatic rings. The second-order valence-corrected chi connectivity index (χ2v) is 4.23. The largest absolute Gasteiger partial charge is 0.381 e. The van der Waals surface area contributed by atoms with Crippen LogP contribution in [0.5, 0.6) is 0 Å². The number of pyridine rings is 1. The first-order valence-electron chi connectivity index (χ1n) is 5.74. The van der Waals surface area contributed by atoms with E-state index in [4.69, 9.17) is 4.74 Å². The van der Waals surface area contributed by atoms with Gasteiger partial charge in [0.1, 0.15) is 0 Å². The molecular formula is C13H21NO. The molecule has 84 valence electrons. The number of hydrogen-bond donors (Lipinski definition) is 0. The van der Waals surface area contributed by atoms with Gasteiger partial charge in [-0.3, -0.25) is 4.98 Å². The van der Waals surface area contributed by atoms with Crippen molar-refractivity contribution in [2.75, 3.05) is 13.2 Å². The van der Waals surface area contributed by atoms with E-state index in [1.807, 2.05) is 6.20 Å². The standard InChI is InChI=1S/C13H21NO/c1-4-12-5-6-13(14-9-12)7-8-15-10-11(2)3/h5-6,9,11H,4,7-8,10H2,1-3H3. The van der Waals surface area contributed by atoms with E-state index < -0.39 is 0 Å². The summed E-state index contributed by atoms with van der Waals surface area (Å²) in [6.07, 6.45) is 3.92. The minimum atomic E-state index is 0.612. The van der Waals surface area contributed by atoms with Gasteiger partial charge in [0.25, 0.3) is 0 Å². The number of nitrogens with zero attached hydrogens (tertiary/aromatic N) is 1. The summed E-state index contributed by atoms with van der Waals surface area (Å²) in [5.41, 5.74) is 2.41. The SMILES string of the molecule is CCc1ccc(CCOCC(C)C)nc1. The maximum absolute atomic E-state index is 5.52. The smallest absolute Gasteiger partial charge is 0.0521 e. The monoisotopic (exact) mass is 207 g/mol. The molecule has 0 amide bonds. The summed E-state index contributed by atoms with van der Waals surface area (Å²) < 4.78 is 5.52. The van der Waals surface area contributed by atoms with E-state index in [0.29, 0.717) is 5.92 Å². The van der Waals surface area contributed by atoms with E-state index in [1.54, 1.807) is 0 Å². The minimum absolute atomic E-state index is 0.612. The van der Waals surface area contributed by atoms with Crippen molar-refractivity contribution in [1.82, 2.24) is 4.98 Å². The van der Waals surface area contributed by atoms with Crippen LogP contribution < -0.4 is 0 Å². The molecule has 15 heavy (non-hydrogen) atoms. The lowest BCUT2D eigenvalue weighted by molar-refractivity contribution is 0.112. The van der Waals surface area contributed by atoms with Gasteiger partial charge in [-0.05, 0) is 24.0 Å². The molecule has 1 heterocycles. The second kappa shape index (κ2) is 6.57. The molecule has 0 aliphatic heterocycles. The van der Waals surface area contributed by atoms with Crippen molar-refractivity contribution >= 4 is 0 Å². The molecule has 1 rings (SSSR count). The van der Waals surface area contributed by atoms with Gasteiger partial charge < -0.3 is 4.74 Å². The molecular weight excluding hydrogens is 186 g/mol. The zero-order valence-corrected chi connectivity index (χ0v) is 9.99. The Balaban J connectivity index is 2.25. The Bertz CT molecular complexity index is 266. The van der Waals surface area contributed by atoms with Crippen molar-refractivity contribution in [3.05, 3.63) is 29.6 Å². The van der Waals surface area contributed by atoms with Crippen molar-refractivity contribution in [2.45, 2.75) is 33.6 Å². The fourth-order valence-electron chi connectivity index (χ4n) is 1.31. The van der Waals surface area contributed by atoms with Crippen LogP contribution in [0.2, 0.25) is 0 Å². The number of rotatable bonds is 6. The maximum atomic E-state index is 5.52. The first-order valence-corrected chi connectivity index (χ1v) is 5.74. The fourth-order valence-corrected chi connectivity index (χ4v) is 1.31. The summed E-state index contributed by atoms with van der Waals surface area (Å²) in [6, 6.07) is 4.24. The summed E-state index contributed by atoms with van der Waals surface area (Å²) in [4.78, 5) is 4.39. The van der Waals surface area contributed by atoms with E-state index >= 15 is 0 Å². The van der Waals surface area contributed by atoms with Gasteiger partial charge in [0.2, 0.25) is 0 Å². The average molecular weight is 207 g/mol. The van der Waals surface area contributed by atoms with E-state index in [0.717, 1.165) is 31.7 Å². The Hall–Kier alpha value is -0.890. The van der Waals surface area contributed by atoms with E-state index in [2.05, 4.69) is 37.9 Å². The molecule has 0 aromatic carbocycles. The molecule has 1 aromatic heterocycles. The minimum Gasteiger partial charge on any atom is -0.381 e. The third-order valence-electron chi connectivity index (χ3n) is 2.25. The van der Waals surface area contributed by atoms with Gasteiger partial charge in [0.05, 0.1) is 6.61 Å². The fraction of sp³-hybridized carbons (Fsp3) is 0.615. The lowest BCUT2D eigenvalue weighted by Crippen LogP contribution is -2.06. The molecule has 2 heteroatoms. The van der Waals surface area contributed by atoms with Crippen molar-refractivity contribution in [2.24, 2.45) is 5.92 Å². The average Bonchev–Trinajstić information content (AvgIpc) is 2.25. The van der Waals surface area contributed by atoms with E-state index in [-0.39, 0.29) is 0 Å². The lowest BCUT2D eigenvalue weighted by Gasteiger charge is -2.06. The zero-order valence-electron chi connectivity index (χ0n) is 9.99. The van der Waals surface area contributed by atoms with Crippen LogP contribution in [-0.4, -0.2) is 18.2 Å². The van der Waals surface area contributed by atoms with Crippen LogP contribution in [-0.2, 0) is 17.6 Å². The first kappa shape index (κ1) is 12.2. The van der Waals surface area contributed by atoms with E-state index in [1.165, 1.54) is 5.56 Å². The summed E-state index contributed by atoms with van der Waals surface area (Å²) in [7, 11) is 0. The highest BCUT2D eigenvalue weighted by molar-refractivity contribution is 5.13. The summed E-state index contributed by atoms with van der Waals surface area (Å²) in [6.45, 7) is 8.08. The van der Waals surface area contributed by atoms with Crippen molar-refractivity contribution < 1.29 is 4.74 Å². The van der Waals surface area contributed by atoms with Crippen molar-refractivity contribution in [1.29, 1.82) is 0 Å². The predicted octanol–water partition coefficient (Wildman–Crippen LogP) is 2.86. The Morgan fingerprint density at radius 2 is 2.13 bits per heavy atom. The van der Waals surface area contributed by atoms with Crippen molar-refractivity contribution in [3.63, 3.8) is 0 Å². The van der Waals surface area contributed by atoms with Crippen LogP contribution in [0.1, 0.15) is 32.0 Å². The highest BCUT2D eigenvalue weighted by Crippen LogP contribution is 2.02. The number of ether oxygens (including phenoxy) is 1. The first-order chi connectivity index (χ1) is 7.22. The summed E-state index contributed by atoms with van der Waals surface area (Å²) in [5.74, 6) is 0.612. The highest BCUT2D eigenvalue weighted by Gasteiger charge is 1.97. The molecule has 0 atom stereocenters. The maximum Gasteiger partial charge on any atom is 0.0521 e. The van der Waals surface area contributed by atoms with Gasteiger partial charge in [-0.1, -0.05) is 26.8 Å². The Morgan fingerprint density at radius 1 is 1.33 bits per heavy atom. The van der Waals surface area contributed by atoms with Crippen molar-refractivity contribution in [3.8, 4) is 0 Å². The topological polar surface area (TPSA) is 22.1 Å². The van der Waals surface area contributed by atoms with Crippen LogP contribution in [0, 0.1) is 5.92 Å². The van der Waals surface area contributed by atoms with Gasteiger partial charge in [0, 0.05) is 24.9 Å². The summed E-state index contributed by atoms with van der Waals surface area (Å²) in [5, 5.41) is 0. The van der Waals surface area contributed by atoms with Gasteiger partial charge in [-0.25, -0.2) is 0 Å². The Labute approximate surface area is 92.7 Å². The number of aryl methyl sites for hydroxylation is 1. The number of aromatic nitrogens is 1. The van der Waals surface area contributed by atoms with Crippen LogP contribution in [0.25, 0.3) is 0 Å². The molecule has 0 bridgehead atoms. The van der Waals surface area contributed by atoms with Crippen LogP contribution in [0.3, 0.4) is 0 Å². The van der Waals surface area contributed by atoms with Gasteiger partial charge in [-0.15, -0.1) is 0 Å². The van der Waals surface area contributed by atoms with Gasteiger partial charge in [0.15, 0.2) is 0 Å². The quantitative estimate of drug-likeness (QED) is 0.669. The normalized spacial score (nSPS) is 10.9. The third kappa shape index (κ3) is 4.93. The molecule has 0 spiro atoms. The molecule has 1 aromatic rings. The van der Waals surface area contributed by atoms with Gasteiger partial charge in [-0.2, -0.15) is 0 Å². The predicted molar refractivity (Wildman–Crippen MR) is 63.0 cm³/mol. The molecule has 0 aliphatic carbocycles. The van der Waals surface area contributed by atoms with Crippen LogP contribution in [0.4, 0.5) is 0 Å². The molecule has 0 radical (unpaired) electrons. The van der Waals surface area contributed by atoms with Crippen LogP contribution in [0.15, 0.2) is 18.3 Å².